The third-order valence-electron chi connectivity index (χ3n) is 2.40. The first-order valence-electron chi connectivity index (χ1n) is 5.44. The van der Waals surface area contributed by atoms with E-state index in [1.54, 1.807) is 17.4 Å². The van der Waals surface area contributed by atoms with Gasteiger partial charge in [-0.25, -0.2) is 4.79 Å². The molecule has 2 N–H and O–H groups in total. The standard InChI is InChI=1S/C12H7F3N2O3S/c13-12(14,15)11(20)17-7-5-8(21-9(7)10(18)19)6-1-3-16-4-2-6/h1-5H,(H,17,20)(H,18,19). The largest absolute Gasteiger partial charge is 0.477 e. The van der Waals surface area contributed by atoms with Gasteiger partial charge in [0, 0.05) is 17.3 Å². The fourth-order valence-corrected chi connectivity index (χ4v) is 2.45. The van der Waals surface area contributed by atoms with Crippen molar-refractivity contribution >= 4 is 28.9 Å². The van der Waals surface area contributed by atoms with Gasteiger partial charge in [-0.3, -0.25) is 9.78 Å². The SMILES string of the molecule is O=C(O)c1sc(-c2ccncc2)cc1NC(=O)C(F)(F)F. The van der Waals surface area contributed by atoms with Crippen molar-refractivity contribution in [1.82, 2.24) is 4.98 Å². The van der Waals surface area contributed by atoms with Crippen LogP contribution in [0.4, 0.5) is 18.9 Å². The van der Waals surface area contributed by atoms with E-state index < -0.39 is 18.1 Å². The Hall–Kier alpha value is -2.42. The molecule has 0 aliphatic heterocycles. The van der Waals surface area contributed by atoms with Crippen molar-refractivity contribution in [3.63, 3.8) is 0 Å². The molecular formula is C12H7F3N2O3S. The predicted molar refractivity (Wildman–Crippen MR) is 69.2 cm³/mol. The zero-order valence-electron chi connectivity index (χ0n) is 10.1. The lowest BCUT2D eigenvalue weighted by Crippen LogP contribution is -2.30. The zero-order valence-corrected chi connectivity index (χ0v) is 11.0. The minimum Gasteiger partial charge on any atom is -0.477 e. The monoisotopic (exact) mass is 316 g/mol. The number of amides is 1. The third kappa shape index (κ3) is 3.37. The van der Waals surface area contributed by atoms with Gasteiger partial charge in [-0.2, -0.15) is 13.2 Å². The van der Waals surface area contributed by atoms with E-state index in [1.807, 2.05) is 0 Å². The summed E-state index contributed by atoms with van der Waals surface area (Å²) in [5, 5.41) is 10.6. The van der Waals surface area contributed by atoms with Crippen LogP contribution in [0.25, 0.3) is 10.4 Å². The lowest BCUT2D eigenvalue weighted by atomic mass is 10.2. The quantitative estimate of drug-likeness (QED) is 0.912. The van der Waals surface area contributed by atoms with E-state index in [0.29, 0.717) is 10.4 Å². The maximum atomic E-state index is 12.2. The number of carbonyl (C=O) groups is 2. The number of nitrogens with one attached hydrogen (secondary N) is 1. The molecule has 0 aliphatic rings. The summed E-state index contributed by atoms with van der Waals surface area (Å²) in [5.41, 5.74) is 0.201. The Kier molecular flexibility index (Phi) is 3.94. The zero-order chi connectivity index (χ0) is 15.6. The Balaban J connectivity index is 2.39. The molecule has 0 radical (unpaired) electrons. The maximum Gasteiger partial charge on any atom is 0.471 e. The van der Waals surface area contributed by atoms with Gasteiger partial charge in [0.15, 0.2) is 0 Å². The van der Waals surface area contributed by atoms with E-state index in [2.05, 4.69) is 4.98 Å². The van der Waals surface area contributed by atoms with Crippen LogP contribution >= 0.6 is 11.3 Å². The molecule has 0 aliphatic carbocycles. The average molecular weight is 316 g/mol. The summed E-state index contributed by atoms with van der Waals surface area (Å²) in [4.78, 5) is 25.8. The number of hydrogen-bond donors (Lipinski definition) is 2. The topological polar surface area (TPSA) is 79.3 Å². The van der Waals surface area contributed by atoms with Gasteiger partial charge in [0.1, 0.15) is 4.88 Å². The summed E-state index contributed by atoms with van der Waals surface area (Å²) in [7, 11) is 0. The molecule has 0 unspecified atom stereocenters. The average Bonchev–Trinajstić information content (AvgIpc) is 2.83. The molecule has 0 bridgehead atoms. The number of thiophene rings is 1. The first kappa shape index (κ1) is 15.0. The molecule has 0 atom stereocenters. The molecule has 2 aromatic heterocycles. The maximum absolute atomic E-state index is 12.2. The predicted octanol–water partition coefficient (Wildman–Crippen LogP) is 3.01. The Morgan fingerprint density at radius 3 is 2.38 bits per heavy atom. The van der Waals surface area contributed by atoms with Gasteiger partial charge in [-0.15, -0.1) is 11.3 Å². The molecule has 0 spiro atoms. The molecule has 0 saturated carbocycles. The number of halogens is 3. The first-order chi connectivity index (χ1) is 9.79. The lowest BCUT2D eigenvalue weighted by Gasteiger charge is -2.06. The highest BCUT2D eigenvalue weighted by molar-refractivity contribution is 7.18. The number of hydrogen-bond acceptors (Lipinski definition) is 4. The number of carboxylic acid groups (broad SMARTS) is 1. The number of carboxylic acids is 1. The molecule has 2 rings (SSSR count). The first-order valence-corrected chi connectivity index (χ1v) is 6.26. The summed E-state index contributed by atoms with van der Waals surface area (Å²) in [5.74, 6) is -3.64. The van der Waals surface area contributed by atoms with Gasteiger partial charge in [-0.1, -0.05) is 0 Å². The molecular weight excluding hydrogens is 309 g/mol. The number of anilines is 1. The lowest BCUT2D eigenvalue weighted by molar-refractivity contribution is -0.167. The van der Waals surface area contributed by atoms with E-state index in [-0.39, 0.29) is 10.6 Å². The molecule has 110 valence electrons. The highest BCUT2D eigenvalue weighted by atomic mass is 32.1. The summed E-state index contributed by atoms with van der Waals surface area (Å²) >= 11 is 0.764. The van der Waals surface area contributed by atoms with Gasteiger partial charge >= 0.3 is 18.1 Å². The van der Waals surface area contributed by atoms with E-state index in [9.17, 15) is 22.8 Å². The second-order valence-corrected chi connectivity index (χ2v) is 4.90. The summed E-state index contributed by atoms with van der Waals surface area (Å²) in [6.45, 7) is 0. The van der Waals surface area contributed by atoms with Crippen LogP contribution in [-0.2, 0) is 4.79 Å². The number of rotatable bonds is 3. The van der Waals surface area contributed by atoms with E-state index in [4.69, 9.17) is 5.11 Å². The number of pyridine rings is 1. The van der Waals surface area contributed by atoms with E-state index in [1.165, 1.54) is 18.5 Å². The van der Waals surface area contributed by atoms with Crippen molar-refractivity contribution in [3.8, 4) is 10.4 Å². The van der Waals surface area contributed by atoms with Crippen LogP contribution in [0.2, 0.25) is 0 Å². The van der Waals surface area contributed by atoms with Crippen molar-refractivity contribution in [1.29, 1.82) is 0 Å². The number of nitrogens with zero attached hydrogens (tertiary/aromatic N) is 1. The Labute approximate surface area is 120 Å². The van der Waals surface area contributed by atoms with Crippen molar-refractivity contribution in [2.24, 2.45) is 0 Å². The van der Waals surface area contributed by atoms with Gasteiger partial charge < -0.3 is 10.4 Å². The van der Waals surface area contributed by atoms with Gasteiger partial charge in [-0.05, 0) is 23.8 Å². The minimum atomic E-state index is -5.09. The van der Waals surface area contributed by atoms with Crippen LogP contribution < -0.4 is 5.32 Å². The number of aromatic nitrogens is 1. The molecule has 21 heavy (non-hydrogen) atoms. The van der Waals surface area contributed by atoms with Gasteiger partial charge in [0.2, 0.25) is 0 Å². The number of carbonyl (C=O) groups excluding carboxylic acids is 1. The number of alkyl halides is 3. The van der Waals surface area contributed by atoms with Crippen molar-refractivity contribution < 1.29 is 27.9 Å². The Morgan fingerprint density at radius 1 is 1.24 bits per heavy atom. The minimum absolute atomic E-state index is 0.376. The second-order valence-electron chi connectivity index (χ2n) is 3.85. The van der Waals surface area contributed by atoms with Crippen LogP contribution in [0.1, 0.15) is 9.67 Å². The molecule has 0 fully saturated rings. The highest BCUT2D eigenvalue weighted by Gasteiger charge is 2.39. The molecule has 0 saturated heterocycles. The fourth-order valence-electron chi connectivity index (χ4n) is 1.49. The van der Waals surface area contributed by atoms with Crippen molar-refractivity contribution in [2.75, 3.05) is 5.32 Å². The van der Waals surface area contributed by atoms with Crippen LogP contribution in [0.15, 0.2) is 30.6 Å². The Morgan fingerprint density at radius 2 is 1.86 bits per heavy atom. The molecule has 1 amide bonds. The van der Waals surface area contributed by atoms with Crippen LogP contribution in [-0.4, -0.2) is 28.1 Å². The van der Waals surface area contributed by atoms with E-state index >= 15 is 0 Å². The van der Waals surface area contributed by atoms with Crippen LogP contribution in [0, 0.1) is 0 Å². The second kappa shape index (κ2) is 5.52. The molecule has 0 aromatic carbocycles. The molecule has 2 aromatic rings. The van der Waals surface area contributed by atoms with Gasteiger partial charge in [0.25, 0.3) is 0 Å². The fraction of sp³-hybridized carbons (Fsp3) is 0.0833. The molecule has 9 heteroatoms. The third-order valence-corrected chi connectivity index (χ3v) is 3.57. The summed E-state index contributed by atoms with van der Waals surface area (Å²) in [6, 6.07) is 4.34. The number of aromatic carboxylic acids is 1. The molecule has 5 nitrogen and oxygen atoms in total. The van der Waals surface area contributed by atoms with Crippen LogP contribution in [0.5, 0.6) is 0 Å². The van der Waals surface area contributed by atoms with E-state index in [0.717, 1.165) is 11.3 Å². The normalized spacial score (nSPS) is 11.2. The Bertz CT molecular complexity index is 683. The smallest absolute Gasteiger partial charge is 0.471 e. The summed E-state index contributed by atoms with van der Waals surface area (Å²) < 4.78 is 36.7. The summed E-state index contributed by atoms with van der Waals surface area (Å²) in [6.07, 6.45) is -2.17. The highest BCUT2D eigenvalue weighted by Crippen LogP contribution is 2.35. The van der Waals surface area contributed by atoms with Crippen LogP contribution in [0.3, 0.4) is 0 Å². The van der Waals surface area contributed by atoms with Gasteiger partial charge in [0.05, 0.1) is 5.69 Å². The van der Waals surface area contributed by atoms with Crippen molar-refractivity contribution in [3.05, 3.63) is 35.5 Å². The van der Waals surface area contributed by atoms with Crippen molar-refractivity contribution in [2.45, 2.75) is 6.18 Å². The molecule has 2 heterocycles.